The molecule has 0 aliphatic rings. The summed E-state index contributed by atoms with van der Waals surface area (Å²) in [5.41, 5.74) is 3.57. The van der Waals surface area contributed by atoms with Crippen molar-refractivity contribution in [3.63, 3.8) is 0 Å². The summed E-state index contributed by atoms with van der Waals surface area (Å²) in [5, 5.41) is 1.17. The summed E-state index contributed by atoms with van der Waals surface area (Å²) >= 11 is 1.37. The molecule has 1 heterocycles. The lowest BCUT2D eigenvalue weighted by molar-refractivity contribution is 0.108. The highest BCUT2D eigenvalue weighted by Gasteiger charge is 2.22. The second-order valence-corrected chi connectivity index (χ2v) is 7.52. The molecule has 0 radical (unpaired) electrons. The minimum atomic E-state index is -0.0817. The molecule has 0 N–H and O–H groups in total. The van der Waals surface area contributed by atoms with Crippen molar-refractivity contribution in [1.29, 1.82) is 0 Å². The molecule has 2 aromatic rings. The minimum absolute atomic E-state index is 0.0817. The van der Waals surface area contributed by atoms with Gasteiger partial charge in [0.05, 0.1) is 11.1 Å². The predicted octanol–water partition coefficient (Wildman–Crippen LogP) is 4.52. The first-order valence-corrected chi connectivity index (χ1v) is 7.20. The molecule has 0 fully saturated rings. The first-order valence-electron chi connectivity index (χ1n) is 6.39. The number of carbonyl (C=O) groups excluding carboxylic acids is 1. The van der Waals surface area contributed by atoms with Gasteiger partial charge >= 0.3 is 0 Å². The summed E-state index contributed by atoms with van der Waals surface area (Å²) in [5.74, 6) is 0. The summed E-state index contributed by atoms with van der Waals surface area (Å²) in [7, 11) is 0. The van der Waals surface area contributed by atoms with Gasteiger partial charge in [-0.3, -0.25) is 9.78 Å². The number of fused-ring (bicyclic) bond motifs is 1. The topological polar surface area (TPSA) is 30.0 Å². The molecular weight excluding hydrogens is 254 g/mol. The molecule has 0 spiro atoms. The van der Waals surface area contributed by atoms with E-state index in [9.17, 15) is 4.79 Å². The van der Waals surface area contributed by atoms with E-state index < -0.39 is 0 Å². The lowest BCUT2D eigenvalue weighted by atomic mass is 10.0. The van der Waals surface area contributed by atoms with E-state index in [1.165, 1.54) is 11.8 Å². The van der Waals surface area contributed by atoms with E-state index in [0.717, 1.165) is 27.7 Å². The number of aryl methyl sites for hydroxylation is 2. The molecule has 0 saturated carbocycles. The SMILES string of the molecule is Cc1nc2ccccc2c(C)c1C(=O)SC(C)(C)C. The van der Waals surface area contributed by atoms with Crippen molar-refractivity contribution in [3.8, 4) is 0 Å². The Labute approximate surface area is 118 Å². The number of carbonyl (C=O) groups is 1. The number of hydrogen-bond acceptors (Lipinski definition) is 3. The van der Waals surface area contributed by atoms with E-state index >= 15 is 0 Å². The van der Waals surface area contributed by atoms with E-state index in [-0.39, 0.29) is 9.86 Å². The van der Waals surface area contributed by atoms with Crippen molar-refractivity contribution in [2.45, 2.75) is 39.4 Å². The maximum Gasteiger partial charge on any atom is 0.221 e. The Morgan fingerprint density at radius 3 is 2.42 bits per heavy atom. The monoisotopic (exact) mass is 273 g/mol. The van der Waals surface area contributed by atoms with E-state index in [2.05, 4.69) is 25.8 Å². The van der Waals surface area contributed by atoms with Crippen molar-refractivity contribution >= 4 is 27.8 Å². The van der Waals surface area contributed by atoms with Crippen LogP contribution in [0.15, 0.2) is 24.3 Å². The van der Waals surface area contributed by atoms with Crippen LogP contribution in [0.5, 0.6) is 0 Å². The van der Waals surface area contributed by atoms with Gasteiger partial charge in [-0.15, -0.1) is 0 Å². The first kappa shape index (κ1) is 14.1. The fourth-order valence-corrected chi connectivity index (χ4v) is 3.12. The first-order chi connectivity index (χ1) is 8.79. The van der Waals surface area contributed by atoms with Gasteiger partial charge in [0.15, 0.2) is 0 Å². The van der Waals surface area contributed by atoms with Gasteiger partial charge in [0.1, 0.15) is 0 Å². The highest BCUT2D eigenvalue weighted by Crippen LogP contribution is 2.31. The van der Waals surface area contributed by atoms with Crippen molar-refractivity contribution < 1.29 is 4.79 Å². The van der Waals surface area contributed by atoms with Crippen LogP contribution in [-0.4, -0.2) is 14.8 Å². The molecule has 0 unspecified atom stereocenters. The fraction of sp³-hybridized carbons (Fsp3) is 0.375. The average molecular weight is 273 g/mol. The molecule has 0 aliphatic carbocycles. The highest BCUT2D eigenvalue weighted by molar-refractivity contribution is 8.15. The second-order valence-electron chi connectivity index (χ2n) is 5.72. The van der Waals surface area contributed by atoms with Crippen molar-refractivity contribution in [1.82, 2.24) is 4.98 Å². The number of benzene rings is 1. The number of pyridine rings is 1. The van der Waals surface area contributed by atoms with Gasteiger partial charge in [0, 0.05) is 15.8 Å². The van der Waals surface area contributed by atoms with Gasteiger partial charge in [-0.25, -0.2) is 0 Å². The average Bonchev–Trinajstić information content (AvgIpc) is 2.26. The van der Waals surface area contributed by atoms with Crippen LogP contribution in [0.25, 0.3) is 10.9 Å². The Hall–Kier alpha value is -1.35. The van der Waals surface area contributed by atoms with Crippen LogP contribution >= 0.6 is 11.8 Å². The summed E-state index contributed by atoms with van der Waals surface area (Å²) in [6.07, 6.45) is 0. The molecule has 3 heteroatoms. The van der Waals surface area contributed by atoms with Crippen LogP contribution in [0.2, 0.25) is 0 Å². The molecule has 0 aliphatic heterocycles. The molecule has 0 bridgehead atoms. The molecule has 0 saturated heterocycles. The van der Waals surface area contributed by atoms with Crippen molar-refractivity contribution in [3.05, 3.63) is 41.1 Å². The lowest BCUT2D eigenvalue weighted by Crippen LogP contribution is -2.14. The highest BCUT2D eigenvalue weighted by atomic mass is 32.2. The van der Waals surface area contributed by atoms with E-state index in [4.69, 9.17) is 0 Å². The Kier molecular flexibility index (Phi) is 3.68. The zero-order valence-electron chi connectivity index (χ0n) is 12.1. The number of thioether (sulfide) groups is 1. The molecule has 2 nitrogen and oxygen atoms in total. The summed E-state index contributed by atoms with van der Waals surface area (Å²) in [6.45, 7) is 10.1. The Morgan fingerprint density at radius 2 is 1.79 bits per heavy atom. The molecule has 100 valence electrons. The van der Waals surface area contributed by atoms with Crippen LogP contribution in [0.4, 0.5) is 0 Å². The van der Waals surface area contributed by atoms with Crippen LogP contribution in [0.3, 0.4) is 0 Å². The quantitative estimate of drug-likeness (QED) is 0.765. The number of rotatable bonds is 1. The zero-order valence-corrected chi connectivity index (χ0v) is 12.9. The van der Waals surface area contributed by atoms with Gasteiger partial charge < -0.3 is 0 Å². The largest absolute Gasteiger partial charge is 0.281 e. The zero-order chi connectivity index (χ0) is 14.2. The van der Waals surface area contributed by atoms with Crippen LogP contribution in [0, 0.1) is 13.8 Å². The van der Waals surface area contributed by atoms with Gasteiger partial charge in [-0.2, -0.15) is 0 Å². The maximum absolute atomic E-state index is 12.5. The Bertz CT molecular complexity index is 641. The third-order valence-electron chi connectivity index (χ3n) is 2.94. The van der Waals surface area contributed by atoms with Crippen LogP contribution < -0.4 is 0 Å². The molecule has 1 aromatic carbocycles. The lowest BCUT2D eigenvalue weighted by Gasteiger charge is -2.18. The standard InChI is InChI=1S/C16H19NOS/c1-10-12-8-6-7-9-13(12)17-11(2)14(10)15(18)19-16(3,4)5/h6-9H,1-5H3. The third-order valence-corrected chi connectivity index (χ3v) is 3.94. The number of hydrogen-bond donors (Lipinski definition) is 0. The third kappa shape index (κ3) is 2.98. The fourth-order valence-electron chi connectivity index (χ4n) is 2.16. The van der Waals surface area contributed by atoms with Crippen LogP contribution in [0.1, 0.15) is 42.4 Å². The van der Waals surface area contributed by atoms with E-state index in [0.29, 0.717) is 0 Å². The second kappa shape index (κ2) is 4.97. The summed E-state index contributed by atoms with van der Waals surface area (Å²) in [4.78, 5) is 17.0. The van der Waals surface area contributed by atoms with Crippen molar-refractivity contribution in [2.24, 2.45) is 0 Å². The number of aromatic nitrogens is 1. The van der Waals surface area contributed by atoms with E-state index in [1.807, 2.05) is 38.1 Å². The molecule has 0 atom stereocenters. The normalized spacial score (nSPS) is 11.8. The molecule has 2 rings (SSSR count). The smallest absolute Gasteiger partial charge is 0.221 e. The molecule has 0 amide bonds. The number of para-hydroxylation sites is 1. The molecule has 19 heavy (non-hydrogen) atoms. The van der Waals surface area contributed by atoms with Crippen molar-refractivity contribution in [2.75, 3.05) is 0 Å². The van der Waals surface area contributed by atoms with Crippen LogP contribution in [-0.2, 0) is 0 Å². The van der Waals surface area contributed by atoms with Gasteiger partial charge in [-0.1, -0.05) is 50.7 Å². The van der Waals surface area contributed by atoms with Gasteiger partial charge in [0.2, 0.25) is 5.12 Å². The number of nitrogens with zero attached hydrogens (tertiary/aromatic N) is 1. The Morgan fingerprint density at radius 1 is 1.16 bits per heavy atom. The van der Waals surface area contributed by atoms with Gasteiger partial charge in [0.25, 0.3) is 0 Å². The molecule has 1 aromatic heterocycles. The summed E-state index contributed by atoms with van der Waals surface area (Å²) in [6, 6.07) is 7.97. The minimum Gasteiger partial charge on any atom is -0.281 e. The van der Waals surface area contributed by atoms with E-state index in [1.54, 1.807) is 0 Å². The Balaban J connectivity index is 2.58. The predicted molar refractivity (Wildman–Crippen MR) is 82.9 cm³/mol. The maximum atomic E-state index is 12.5. The van der Waals surface area contributed by atoms with Gasteiger partial charge in [-0.05, 0) is 25.5 Å². The summed E-state index contributed by atoms with van der Waals surface area (Å²) < 4.78 is -0.0817. The molecular formula is C16H19NOS.